The quantitative estimate of drug-likeness (QED) is 0.356. The van der Waals surface area contributed by atoms with Crippen LogP contribution in [-0.2, 0) is 9.53 Å². The van der Waals surface area contributed by atoms with Crippen LogP contribution >= 0.6 is 11.6 Å². The molecule has 1 aromatic heterocycles. The Balaban J connectivity index is 1.92. The Labute approximate surface area is 178 Å². The van der Waals surface area contributed by atoms with E-state index < -0.39 is 30.9 Å². The van der Waals surface area contributed by atoms with E-state index >= 15 is 0 Å². The lowest BCUT2D eigenvalue weighted by Crippen LogP contribution is -2.55. The first-order valence-electron chi connectivity index (χ1n) is 9.01. The average Bonchev–Trinajstić information content (AvgIpc) is 2.74. The van der Waals surface area contributed by atoms with Gasteiger partial charge in [0.15, 0.2) is 0 Å². The van der Waals surface area contributed by atoms with Crippen molar-refractivity contribution in [3.05, 3.63) is 53.6 Å². The summed E-state index contributed by atoms with van der Waals surface area (Å²) in [5.41, 5.74) is 0.0292. The lowest BCUT2D eigenvalue weighted by molar-refractivity contribution is -0.124. The SMILES string of the molecule is COCC(NC(=O)c1cnccn1)C(=O)N[C@@H](CCOc1ccc(Cl)cc1)B(O)O. The summed E-state index contributed by atoms with van der Waals surface area (Å²) in [6, 6.07) is 5.57. The first-order valence-corrected chi connectivity index (χ1v) is 9.39. The van der Waals surface area contributed by atoms with Crippen LogP contribution in [0.3, 0.4) is 0 Å². The van der Waals surface area contributed by atoms with E-state index in [0.717, 1.165) is 0 Å². The van der Waals surface area contributed by atoms with Gasteiger partial charge in [0.25, 0.3) is 5.91 Å². The van der Waals surface area contributed by atoms with E-state index in [4.69, 9.17) is 21.1 Å². The number of nitrogens with zero attached hydrogens (tertiary/aromatic N) is 2. The van der Waals surface area contributed by atoms with Gasteiger partial charge in [-0.2, -0.15) is 0 Å². The standard InChI is InChI=1S/C18H22BClN4O6/c1-29-11-15(23-17(25)14-10-21-7-8-22-14)18(26)24-16(19(27)28)6-9-30-13-4-2-12(20)3-5-13/h2-5,7-8,10,15-16,27-28H,6,9,11H2,1H3,(H,23,25)(H,24,26)/t15?,16-/m0/s1. The van der Waals surface area contributed by atoms with Crippen LogP contribution in [0.1, 0.15) is 16.9 Å². The first kappa shape index (κ1) is 23.6. The largest absolute Gasteiger partial charge is 0.494 e. The Hall–Kier alpha value is -2.73. The van der Waals surface area contributed by atoms with Crippen molar-refractivity contribution in [1.82, 2.24) is 20.6 Å². The van der Waals surface area contributed by atoms with Crippen LogP contribution in [0, 0.1) is 0 Å². The second kappa shape index (κ2) is 12.1. The van der Waals surface area contributed by atoms with E-state index in [1.54, 1.807) is 24.3 Å². The minimum Gasteiger partial charge on any atom is -0.494 e. The van der Waals surface area contributed by atoms with Crippen molar-refractivity contribution in [2.24, 2.45) is 0 Å². The molecule has 0 saturated heterocycles. The summed E-state index contributed by atoms with van der Waals surface area (Å²) in [6.07, 6.45) is 4.12. The van der Waals surface area contributed by atoms with Crippen molar-refractivity contribution in [3.8, 4) is 5.75 Å². The van der Waals surface area contributed by atoms with E-state index in [2.05, 4.69) is 20.6 Å². The van der Waals surface area contributed by atoms with Gasteiger partial charge in [0, 0.05) is 30.9 Å². The number of hydrogen-bond acceptors (Lipinski definition) is 8. The van der Waals surface area contributed by atoms with Gasteiger partial charge in [-0.1, -0.05) is 11.6 Å². The Bertz CT molecular complexity index is 812. The average molecular weight is 437 g/mol. The number of amides is 2. The lowest BCUT2D eigenvalue weighted by Gasteiger charge is -2.22. The van der Waals surface area contributed by atoms with Gasteiger partial charge in [0.1, 0.15) is 17.5 Å². The smallest absolute Gasteiger partial charge is 0.475 e. The molecule has 160 valence electrons. The third kappa shape index (κ3) is 7.60. The maximum Gasteiger partial charge on any atom is 0.475 e. The zero-order chi connectivity index (χ0) is 21.9. The molecule has 0 aliphatic rings. The highest BCUT2D eigenvalue weighted by Gasteiger charge is 2.29. The second-order valence-electron chi connectivity index (χ2n) is 6.19. The summed E-state index contributed by atoms with van der Waals surface area (Å²) in [5.74, 6) is -1.76. The Kier molecular flexibility index (Phi) is 9.48. The fraction of sp³-hybridized carbons (Fsp3) is 0.333. The number of halogens is 1. The molecule has 0 fully saturated rings. The summed E-state index contributed by atoms with van der Waals surface area (Å²) in [4.78, 5) is 32.5. The topological polar surface area (TPSA) is 143 Å². The van der Waals surface area contributed by atoms with Crippen LogP contribution in [0.4, 0.5) is 0 Å². The number of carbonyl (C=O) groups excluding carboxylic acids is 2. The van der Waals surface area contributed by atoms with Crippen LogP contribution in [-0.4, -0.2) is 71.3 Å². The van der Waals surface area contributed by atoms with Crippen LogP contribution in [0.5, 0.6) is 5.75 Å². The van der Waals surface area contributed by atoms with Crippen LogP contribution in [0.25, 0.3) is 0 Å². The molecule has 0 aliphatic carbocycles. The highest BCUT2D eigenvalue weighted by Crippen LogP contribution is 2.15. The van der Waals surface area contributed by atoms with Crippen molar-refractivity contribution < 1.29 is 29.1 Å². The first-order chi connectivity index (χ1) is 14.4. The molecule has 1 heterocycles. The predicted molar refractivity (Wildman–Crippen MR) is 109 cm³/mol. The molecule has 0 radical (unpaired) electrons. The number of nitrogens with one attached hydrogen (secondary N) is 2. The molecule has 0 aliphatic heterocycles. The molecule has 10 nitrogen and oxygen atoms in total. The fourth-order valence-corrected chi connectivity index (χ4v) is 2.54. The number of rotatable bonds is 11. The van der Waals surface area contributed by atoms with Gasteiger partial charge in [-0.25, -0.2) is 4.98 Å². The fourth-order valence-electron chi connectivity index (χ4n) is 2.41. The van der Waals surface area contributed by atoms with Crippen LogP contribution < -0.4 is 15.4 Å². The number of aromatic nitrogens is 2. The van der Waals surface area contributed by atoms with Crippen molar-refractivity contribution in [2.45, 2.75) is 18.4 Å². The highest BCUT2D eigenvalue weighted by molar-refractivity contribution is 6.43. The maximum absolute atomic E-state index is 12.6. The zero-order valence-corrected chi connectivity index (χ0v) is 17.0. The van der Waals surface area contributed by atoms with E-state index in [0.29, 0.717) is 10.8 Å². The summed E-state index contributed by atoms with van der Waals surface area (Å²) < 4.78 is 10.5. The van der Waals surface area contributed by atoms with Crippen LogP contribution in [0.15, 0.2) is 42.9 Å². The second-order valence-corrected chi connectivity index (χ2v) is 6.63. The third-order valence-electron chi connectivity index (χ3n) is 3.95. The van der Waals surface area contributed by atoms with Gasteiger partial charge in [0.2, 0.25) is 5.91 Å². The number of ether oxygens (including phenoxy) is 2. The molecule has 1 unspecified atom stereocenters. The molecule has 30 heavy (non-hydrogen) atoms. The van der Waals surface area contributed by atoms with E-state index in [-0.39, 0.29) is 25.3 Å². The van der Waals surface area contributed by atoms with E-state index in [1.165, 1.54) is 25.7 Å². The molecule has 4 N–H and O–H groups in total. The van der Waals surface area contributed by atoms with Crippen LogP contribution in [0.2, 0.25) is 5.02 Å². The molecule has 0 bridgehead atoms. The number of carbonyl (C=O) groups is 2. The zero-order valence-electron chi connectivity index (χ0n) is 16.2. The molecule has 2 aromatic rings. The lowest BCUT2D eigenvalue weighted by atomic mass is 9.77. The molecule has 0 spiro atoms. The Morgan fingerprint density at radius 1 is 1.20 bits per heavy atom. The Morgan fingerprint density at radius 2 is 1.93 bits per heavy atom. The normalized spacial score (nSPS) is 12.5. The minimum atomic E-state index is -1.83. The summed E-state index contributed by atoms with van der Waals surface area (Å²) in [5, 5.41) is 24.7. The van der Waals surface area contributed by atoms with Crippen molar-refractivity contribution >= 4 is 30.5 Å². The summed E-state index contributed by atoms with van der Waals surface area (Å²) in [7, 11) is -0.464. The van der Waals surface area contributed by atoms with Gasteiger partial charge in [-0.05, 0) is 24.3 Å². The number of hydrogen-bond donors (Lipinski definition) is 4. The van der Waals surface area contributed by atoms with Gasteiger partial charge in [-0.3, -0.25) is 14.6 Å². The molecule has 2 atom stereocenters. The summed E-state index contributed by atoms with van der Waals surface area (Å²) >= 11 is 5.81. The molecule has 2 amide bonds. The number of benzene rings is 1. The van der Waals surface area contributed by atoms with E-state index in [1.807, 2.05) is 0 Å². The molecule has 2 rings (SSSR count). The van der Waals surface area contributed by atoms with Crippen molar-refractivity contribution in [1.29, 1.82) is 0 Å². The van der Waals surface area contributed by atoms with Gasteiger partial charge < -0.3 is 30.2 Å². The van der Waals surface area contributed by atoms with Crippen molar-refractivity contribution in [3.63, 3.8) is 0 Å². The molecule has 1 aromatic carbocycles. The molecular formula is C18H22BClN4O6. The monoisotopic (exact) mass is 436 g/mol. The third-order valence-corrected chi connectivity index (χ3v) is 4.20. The Morgan fingerprint density at radius 3 is 2.53 bits per heavy atom. The van der Waals surface area contributed by atoms with E-state index in [9.17, 15) is 19.6 Å². The molecular weight excluding hydrogens is 414 g/mol. The predicted octanol–water partition coefficient (Wildman–Crippen LogP) is -0.159. The highest BCUT2D eigenvalue weighted by atomic mass is 35.5. The number of methoxy groups -OCH3 is 1. The summed E-state index contributed by atoms with van der Waals surface area (Å²) in [6.45, 7) is -0.0293. The molecule has 12 heteroatoms. The van der Waals surface area contributed by atoms with Gasteiger partial charge >= 0.3 is 7.12 Å². The van der Waals surface area contributed by atoms with Gasteiger partial charge in [0.05, 0.1) is 25.4 Å². The van der Waals surface area contributed by atoms with Gasteiger partial charge in [-0.15, -0.1) is 0 Å². The minimum absolute atomic E-state index is 0.0292. The molecule has 0 saturated carbocycles. The maximum atomic E-state index is 12.6. The van der Waals surface area contributed by atoms with Crippen molar-refractivity contribution in [2.75, 3.05) is 20.3 Å².